The number of nitrogens with zero attached hydrogens (tertiary/aromatic N) is 2. The topological polar surface area (TPSA) is 42.4 Å². The van der Waals surface area contributed by atoms with Crippen LogP contribution in [0.5, 0.6) is 0 Å². The van der Waals surface area contributed by atoms with Crippen LogP contribution in [0.15, 0.2) is 18.2 Å². The lowest BCUT2D eigenvalue weighted by atomic mass is 10.2. The number of pyridine rings is 1. The highest BCUT2D eigenvalue weighted by atomic mass is 16.6. The van der Waals surface area contributed by atoms with Gasteiger partial charge in [-0.15, -0.1) is 0 Å². The van der Waals surface area contributed by atoms with E-state index in [1.165, 1.54) is 4.90 Å². The molecule has 0 aliphatic rings. The summed E-state index contributed by atoms with van der Waals surface area (Å²) in [5, 5.41) is 0. The van der Waals surface area contributed by atoms with E-state index in [4.69, 9.17) is 4.74 Å². The fourth-order valence-electron chi connectivity index (χ4n) is 1.38. The molecule has 0 saturated carbocycles. The largest absolute Gasteiger partial charge is 0.443 e. The fraction of sp³-hybridized carbons (Fsp3) is 0.538. The van der Waals surface area contributed by atoms with Crippen LogP contribution in [0.3, 0.4) is 0 Å². The Bertz CT molecular complexity index is 397. The predicted molar refractivity (Wildman–Crippen MR) is 68.2 cm³/mol. The maximum absolute atomic E-state index is 12.0. The summed E-state index contributed by atoms with van der Waals surface area (Å²) in [6.07, 6.45) is -0.363. The second-order valence-corrected chi connectivity index (χ2v) is 4.86. The van der Waals surface area contributed by atoms with Crippen LogP contribution in [0, 0.1) is 6.92 Å². The summed E-state index contributed by atoms with van der Waals surface area (Å²) in [6, 6.07) is 5.58. The van der Waals surface area contributed by atoms with Gasteiger partial charge in [-0.1, -0.05) is 6.07 Å². The molecule has 0 bridgehead atoms. The third-order valence-electron chi connectivity index (χ3n) is 2.08. The van der Waals surface area contributed by atoms with Crippen molar-refractivity contribution in [3.8, 4) is 0 Å². The molecule has 1 aromatic rings. The van der Waals surface area contributed by atoms with Gasteiger partial charge < -0.3 is 4.74 Å². The lowest BCUT2D eigenvalue weighted by molar-refractivity contribution is 0.0581. The van der Waals surface area contributed by atoms with Gasteiger partial charge in [0, 0.05) is 12.2 Å². The SMILES string of the molecule is CCN(C(=O)OC(C)(C)C)c1cccc(C)n1. The van der Waals surface area contributed by atoms with E-state index in [0.717, 1.165) is 5.69 Å². The molecular formula is C13H20N2O2. The van der Waals surface area contributed by atoms with Crippen LogP contribution in [0.25, 0.3) is 0 Å². The summed E-state index contributed by atoms with van der Waals surface area (Å²) in [7, 11) is 0. The van der Waals surface area contributed by atoms with Crippen LogP contribution in [-0.2, 0) is 4.74 Å². The summed E-state index contributed by atoms with van der Waals surface area (Å²) in [4.78, 5) is 17.8. The molecule has 0 aliphatic carbocycles. The van der Waals surface area contributed by atoms with E-state index in [1.54, 1.807) is 6.07 Å². The number of rotatable bonds is 2. The van der Waals surface area contributed by atoms with Gasteiger partial charge >= 0.3 is 6.09 Å². The lowest BCUT2D eigenvalue weighted by Crippen LogP contribution is -2.37. The molecule has 0 saturated heterocycles. The Hall–Kier alpha value is -1.58. The van der Waals surface area contributed by atoms with Gasteiger partial charge in [0.25, 0.3) is 0 Å². The molecule has 0 fully saturated rings. The zero-order valence-corrected chi connectivity index (χ0v) is 11.2. The number of anilines is 1. The Labute approximate surface area is 103 Å². The van der Waals surface area contributed by atoms with Crippen molar-refractivity contribution < 1.29 is 9.53 Å². The zero-order chi connectivity index (χ0) is 13.1. The standard InChI is InChI=1S/C13H20N2O2/c1-6-15(12(16)17-13(3,4)5)11-9-7-8-10(2)14-11/h7-9H,6H2,1-5H3. The van der Waals surface area contributed by atoms with Crippen LogP contribution in [0.4, 0.5) is 10.6 Å². The summed E-state index contributed by atoms with van der Waals surface area (Å²) >= 11 is 0. The first-order valence-electron chi connectivity index (χ1n) is 5.77. The summed E-state index contributed by atoms with van der Waals surface area (Å²) < 4.78 is 5.33. The second kappa shape index (κ2) is 5.17. The molecule has 1 rings (SSSR count). The van der Waals surface area contributed by atoms with Crippen molar-refractivity contribution in [1.82, 2.24) is 4.98 Å². The molecule has 4 heteroatoms. The molecule has 0 unspecified atom stereocenters. The number of amides is 1. The molecule has 0 N–H and O–H groups in total. The van der Waals surface area contributed by atoms with Crippen molar-refractivity contribution in [2.75, 3.05) is 11.4 Å². The van der Waals surface area contributed by atoms with E-state index in [9.17, 15) is 4.79 Å². The highest BCUT2D eigenvalue weighted by molar-refractivity contribution is 5.86. The van der Waals surface area contributed by atoms with Crippen LogP contribution in [0.2, 0.25) is 0 Å². The van der Waals surface area contributed by atoms with Crippen molar-refractivity contribution in [2.24, 2.45) is 0 Å². The molecule has 1 aromatic heterocycles. The van der Waals surface area contributed by atoms with Gasteiger partial charge in [0.2, 0.25) is 0 Å². The zero-order valence-electron chi connectivity index (χ0n) is 11.2. The van der Waals surface area contributed by atoms with E-state index in [1.807, 2.05) is 46.8 Å². The van der Waals surface area contributed by atoms with Crippen molar-refractivity contribution in [3.05, 3.63) is 23.9 Å². The van der Waals surface area contributed by atoms with Crippen molar-refractivity contribution >= 4 is 11.9 Å². The Kier molecular flexibility index (Phi) is 4.10. The van der Waals surface area contributed by atoms with E-state index in [2.05, 4.69) is 4.98 Å². The van der Waals surface area contributed by atoms with Gasteiger partial charge in [0.15, 0.2) is 0 Å². The van der Waals surface area contributed by atoms with E-state index < -0.39 is 5.60 Å². The summed E-state index contributed by atoms with van der Waals surface area (Å²) in [5.41, 5.74) is 0.387. The number of hydrogen-bond donors (Lipinski definition) is 0. The van der Waals surface area contributed by atoms with Gasteiger partial charge in [0.05, 0.1) is 0 Å². The number of aryl methyl sites for hydroxylation is 1. The van der Waals surface area contributed by atoms with Crippen LogP contribution in [-0.4, -0.2) is 23.2 Å². The average molecular weight is 236 g/mol. The molecule has 0 atom stereocenters. The van der Waals surface area contributed by atoms with Crippen LogP contribution in [0.1, 0.15) is 33.4 Å². The Morgan fingerprint density at radius 1 is 1.41 bits per heavy atom. The van der Waals surface area contributed by atoms with Gasteiger partial charge in [-0.2, -0.15) is 0 Å². The minimum atomic E-state index is -0.492. The van der Waals surface area contributed by atoms with Crippen molar-refractivity contribution in [3.63, 3.8) is 0 Å². The molecule has 1 amide bonds. The first kappa shape index (κ1) is 13.5. The quantitative estimate of drug-likeness (QED) is 0.792. The molecule has 0 aliphatic heterocycles. The van der Waals surface area contributed by atoms with Gasteiger partial charge in [-0.05, 0) is 46.8 Å². The molecule has 0 aromatic carbocycles. The first-order chi connectivity index (χ1) is 7.83. The third-order valence-corrected chi connectivity index (χ3v) is 2.08. The fourth-order valence-corrected chi connectivity index (χ4v) is 1.38. The van der Waals surface area contributed by atoms with Gasteiger partial charge in [-0.3, -0.25) is 4.90 Å². The highest BCUT2D eigenvalue weighted by Crippen LogP contribution is 2.16. The molecule has 94 valence electrons. The van der Waals surface area contributed by atoms with Crippen LogP contribution >= 0.6 is 0 Å². The molecule has 1 heterocycles. The summed E-state index contributed by atoms with van der Waals surface area (Å²) in [5.74, 6) is 0.627. The maximum Gasteiger partial charge on any atom is 0.415 e. The predicted octanol–water partition coefficient (Wildman–Crippen LogP) is 3.15. The molecule has 0 radical (unpaired) electrons. The number of carbonyl (C=O) groups is 1. The number of hydrogen-bond acceptors (Lipinski definition) is 3. The van der Waals surface area contributed by atoms with E-state index in [-0.39, 0.29) is 6.09 Å². The van der Waals surface area contributed by atoms with E-state index in [0.29, 0.717) is 12.4 Å². The van der Waals surface area contributed by atoms with Gasteiger partial charge in [0.1, 0.15) is 11.4 Å². The van der Waals surface area contributed by atoms with E-state index >= 15 is 0 Å². The highest BCUT2D eigenvalue weighted by Gasteiger charge is 2.22. The monoisotopic (exact) mass is 236 g/mol. The number of ether oxygens (including phenoxy) is 1. The lowest BCUT2D eigenvalue weighted by Gasteiger charge is -2.26. The molecule has 4 nitrogen and oxygen atoms in total. The van der Waals surface area contributed by atoms with Gasteiger partial charge in [-0.25, -0.2) is 9.78 Å². The van der Waals surface area contributed by atoms with Crippen molar-refractivity contribution in [1.29, 1.82) is 0 Å². The smallest absolute Gasteiger partial charge is 0.415 e. The summed E-state index contributed by atoms with van der Waals surface area (Å²) in [6.45, 7) is 9.87. The average Bonchev–Trinajstić information content (AvgIpc) is 2.15. The second-order valence-electron chi connectivity index (χ2n) is 4.86. The molecule has 0 spiro atoms. The van der Waals surface area contributed by atoms with Crippen molar-refractivity contribution in [2.45, 2.75) is 40.2 Å². The maximum atomic E-state index is 12.0. The number of carbonyl (C=O) groups excluding carboxylic acids is 1. The Balaban J connectivity index is 2.88. The number of aromatic nitrogens is 1. The van der Waals surface area contributed by atoms with Crippen LogP contribution < -0.4 is 4.90 Å². The minimum Gasteiger partial charge on any atom is -0.443 e. The molecular weight excluding hydrogens is 216 g/mol. The molecule has 17 heavy (non-hydrogen) atoms. The Morgan fingerprint density at radius 3 is 2.53 bits per heavy atom. The minimum absolute atomic E-state index is 0.363. The first-order valence-corrected chi connectivity index (χ1v) is 5.77. The Morgan fingerprint density at radius 2 is 2.06 bits per heavy atom. The normalized spacial score (nSPS) is 11.1. The third kappa shape index (κ3) is 4.06.